The van der Waals surface area contributed by atoms with E-state index in [-0.39, 0.29) is 0 Å². The number of amides is 1. The van der Waals surface area contributed by atoms with Gasteiger partial charge in [0.1, 0.15) is 9.61 Å². The molecule has 132 valence electrons. The predicted molar refractivity (Wildman–Crippen MR) is 103 cm³/mol. The summed E-state index contributed by atoms with van der Waals surface area (Å²) < 4.78 is 2.54. The molecule has 1 saturated heterocycles. The smallest absolute Gasteiger partial charge is 0.248 e. The molecule has 3 N–H and O–H groups in total. The fraction of sp³-hybridized carbons (Fsp3) is 0.312. The number of hydrogen-bond acceptors (Lipinski definition) is 6. The number of aromatic nitrogens is 3. The third-order valence-corrected chi connectivity index (χ3v) is 5.31. The first-order chi connectivity index (χ1) is 12.0. The van der Waals surface area contributed by atoms with E-state index in [2.05, 4.69) is 43.3 Å². The van der Waals surface area contributed by atoms with Crippen molar-refractivity contribution in [3.05, 3.63) is 40.6 Å². The van der Waals surface area contributed by atoms with Crippen LogP contribution in [0.15, 0.2) is 35.1 Å². The molecular formula is C16H19BrN6OS. The summed E-state index contributed by atoms with van der Waals surface area (Å²) in [5.41, 5.74) is 6.61. The molecule has 0 saturated carbocycles. The SMILES string of the molecule is CN1CCNCC1.NC(=O)c1ccc(-c2nn3c(Br)cnc3s2)cc1. The number of primary amides is 1. The molecule has 9 heteroatoms. The van der Waals surface area contributed by atoms with Gasteiger partial charge in [-0.2, -0.15) is 9.61 Å². The van der Waals surface area contributed by atoms with Gasteiger partial charge in [0, 0.05) is 37.3 Å². The van der Waals surface area contributed by atoms with Crippen LogP contribution in [0.3, 0.4) is 0 Å². The molecule has 0 aliphatic carbocycles. The van der Waals surface area contributed by atoms with Gasteiger partial charge in [-0.1, -0.05) is 23.5 Å². The van der Waals surface area contributed by atoms with Crippen LogP contribution in [0, 0.1) is 0 Å². The van der Waals surface area contributed by atoms with Gasteiger partial charge < -0.3 is 16.0 Å². The summed E-state index contributed by atoms with van der Waals surface area (Å²) in [5.74, 6) is -0.432. The molecule has 0 atom stereocenters. The van der Waals surface area contributed by atoms with Crippen LogP contribution in [0.4, 0.5) is 0 Å². The maximum atomic E-state index is 11.0. The largest absolute Gasteiger partial charge is 0.366 e. The van der Waals surface area contributed by atoms with Crippen LogP contribution >= 0.6 is 27.3 Å². The molecule has 1 fully saturated rings. The summed E-state index contributed by atoms with van der Waals surface area (Å²) >= 11 is 4.85. The summed E-state index contributed by atoms with van der Waals surface area (Å²) in [4.78, 5) is 18.3. The van der Waals surface area contributed by atoms with Crippen molar-refractivity contribution in [2.24, 2.45) is 5.73 Å². The molecule has 0 unspecified atom stereocenters. The van der Waals surface area contributed by atoms with Gasteiger partial charge in [-0.15, -0.1) is 0 Å². The van der Waals surface area contributed by atoms with Crippen molar-refractivity contribution in [2.45, 2.75) is 0 Å². The van der Waals surface area contributed by atoms with Gasteiger partial charge in [0.2, 0.25) is 10.9 Å². The molecule has 0 spiro atoms. The molecule has 1 aliphatic rings. The fourth-order valence-corrected chi connectivity index (χ4v) is 3.68. The first-order valence-electron chi connectivity index (χ1n) is 7.84. The van der Waals surface area contributed by atoms with E-state index >= 15 is 0 Å². The van der Waals surface area contributed by atoms with E-state index in [0.29, 0.717) is 5.56 Å². The molecule has 2 aromatic heterocycles. The van der Waals surface area contributed by atoms with Crippen LogP contribution in [0.5, 0.6) is 0 Å². The molecule has 0 bridgehead atoms. The Morgan fingerprint density at radius 3 is 2.48 bits per heavy atom. The number of nitrogens with two attached hydrogens (primary N) is 1. The third kappa shape index (κ3) is 4.43. The van der Waals surface area contributed by atoms with Gasteiger partial charge in [0.05, 0.1) is 6.20 Å². The number of piperazine rings is 1. The Labute approximate surface area is 158 Å². The minimum absolute atomic E-state index is 0.432. The Bertz CT molecular complexity index is 853. The molecule has 1 aromatic carbocycles. The van der Waals surface area contributed by atoms with E-state index in [1.807, 2.05) is 12.1 Å². The van der Waals surface area contributed by atoms with Crippen LogP contribution in [-0.4, -0.2) is 58.6 Å². The lowest BCUT2D eigenvalue weighted by Gasteiger charge is -2.21. The highest BCUT2D eigenvalue weighted by Crippen LogP contribution is 2.27. The normalized spacial score (nSPS) is 15.0. The van der Waals surface area contributed by atoms with E-state index in [1.165, 1.54) is 24.4 Å². The number of halogens is 1. The number of carbonyl (C=O) groups excluding carboxylic acids is 1. The van der Waals surface area contributed by atoms with Crippen molar-refractivity contribution in [1.29, 1.82) is 0 Å². The van der Waals surface area contributed by atoms with Gasteiger partial charge in [-0.3, -0.25) is 4.79 Å². The number of hydrogen-bond donors (Lipinski definition) is 2. The Morgan fingerprint density at radius 1 is 1.28 bits per heavy atom. The molecule has 1 amide bonds. The van der Waals surface area contributed by atoms with E-state index in [4.69, 9.17) is 5.73 Å². The second-order valence-electron chi connectivity index (χ2n) is 5.68. The van der Waals surface area contributed by atoms with Crippen molar-refractivity contribution in [3.63, 3.8) is 0 Å². The van der Waals surface area contributed by atoms with Crippen molar-refractivity contribution in [1.82, 2.24) is 24.8 Å². The highest BCUT2D eigenvalue weighted by Gasteiger charge is 2.10. The number of benzene rings is 1. The average Bonchev–Trinajstić information content (AvgIpc) is 3.19. The van der Waals surface area contributed by atoms with E-state index < -0.39 is 5.91 Å². The Kier molecular flexibility index (Phi) is 5.79. The van der Waals surface area contributed by atoms with Crippen molar-refractivity contribution in [3.8, 4) is 10.6 Å². The molecule has 4 rings (SSSR count). The van der Waals surface area contributed by atoms with E-state index in [1.54, 1.807) is 22.8 Å². The summed E-state index contributed by atoms with van der Waals surface area (Å²) in [7, 11) is 2.15. The highest BCUT2D eigenvalue weighted by molar-refractivity contribution is 9.10. The van der Waals surface area contributed by atoms with Crippen molar-refractivity contribution < 1.29 is 4.79 Å². The second-order valence-corrected chi connectivity index (χ2v) is 7.45. The summed E-state index contributed by atoms with van der Waals surface area (Å²) in [6.07, 6.45) is 1.71. The fourth-order valence-electron chi connectivity index (χ4n) is 2.34. The van der Waals surface area contributed by atoms with Gasteiger partial charge in [0.15, 0.2) is 0 Å². The number of rotatable bonds is 2. The minimum atomic E-state index is -0.432. The summed E-state index contributed by atoms with van der Waals surface area (Å²) in [6, 6.07) is 7.03. The molecule has 7 nitrogen and oxygen atoms in total. The van der Waals surface area contributed by atoms with Gasteiger partial charge in [-0.05, 0) is 35.1 Å². The highest BCUT2D eigenvalue weighted by atomic mass is 79.9. The first kappa shape index (κ1) is 18.0. The second kappa shape index (κ2) is 8.05. The maximum Gasteiger partial charge on any atom is 0.248 e. The lowest BCUT2D eigenvalue weighted by Crippen LogP contribution is -2.40. The first-order valence-corrected chi connectivity index (χ1v) is 9.45. The minimum Gasteiger partial charge on any atom is -0.366 e. The van der Waals surface area contributed by atoms with Crippen LogP contribution < -0.4 is 11.1 Å². The monoisotopic (exact) mass is 422 g/mol. The summed E-state index contributed by atoms with van der Waals surface area (Å²) in [6.45, 7) is 4.74. The molecule has 1 aliphatic heterocycles. The topological polar surface area (TPSA) is 88.5 Å². The Balaban J connectivity index is 0.000000219. The summed E-state index contributed by atoms with van der Waals surface area (Å²) in [5, 5.41) is 8.54. The van der Waals surface area contributed by atoms with Gasteiger partial charge in [0.25, 0.3) is 0 Å². The zero-order valence-electron chi connectivity index (χ0n) is 13.8. The van der Waals surface area contributed by atoms with E-state index in [9.17, 15) is 4.79 Å². The van der Waals surface area contributed by atoms with Crippen LogP contribution in [0.2, 0.25) is 0 Å². The molecular weight excluding hydrogens is 404 g/mol. The maximum absolute atomic E-state index is 11.0. The van der Waals surface area contributed by atoms with Crippen LogP contribution in [0.25, 0.3) is 15.5 Å². The zero-order chi connectivity index (χ0) is 17.8. The number of likely N-dealkylation sites (N-methyl/N-ethyl adjacent to an activating group) is 1. The van der Waals surface area contributed by atoms with Crippen LogP contribution in [-0.2, 0) is 0 Å². The molecule has 3 aromatic rings. The quantitative estimate of drug-likeness (QED) is 0.657. The van der Waals surface area contributed by atoms with Crippen LogP contribution in [0.1, 0.15) is 10.4 Å². The Hall–Kier alpha value is -1.81. The molecule has 3 heterocycles. The molecule has 25 heavy (non-hydrogen) atoms. The van der Waals surface area contributed by atoms with Crippen molar-refractivity contribution in [2.75, 3.05) is 33.2 Å². The standard InChI is InChI=1S/C11H7BrN4OS.C5H12N2/c12-8-5-14-11-16(8)15-10(18-11)7-3-1-6(2-4-7)9(13)17;1-7-4-2-6-3-5-7/h1-5H,(H2,13,17);6H,2-5H2,1H3. The third-order valence-electron chi connectivity index (χ3n) is 3.80. The zero-order valence-corrected chi connectivity index (χ0v) is 16.2. The number of fused-ring (bicyclic) bond motifs is 1. The van der Waals surface area contributed by atoms with Gasteiger partial charge >= 0.3 is 0 Å². The van der Waals surface area contributed by atoms with Gasteiger partial charge in [-0.25, -0.2) is 4.98 Å². The number of nitrogens with one attached hydrogen (secondary N) is 1. The lowest BCUT2D eigenvalue weighted by molar-refractivity contribution is 0.100. The number of imidazole rings is 1. The van der Waals surface area contributed by atoms with Crippen molar-refractivity contribution >= 4 is 38.1 Å². The lowest BCUT2D eigenvalue weighted by atomic mass is 10.1. The number of nitrogens with zero attached hydrogens (tertiary/aromatic N) is 4. The number of carbonyl (C=O) groups is 1. The molecule has 0 radical (unpaired) electrons. The predicted octanol–water partition coefficient (Wildman–Crippen LogP) is 1.84. The Morgan fingerprint density at radius 2 is 1.96 bits per heavy atom. The van der Waals surface area contributed by atoms with E-state index in [0.717, 1.165) is 33.2 Å². The average molecular weight is 423 g/mol.